The SMILES string of the molecule is C=C(C)C(=NC)NC(=C)[C@@H](O)[C@H](C)[C@H](O)C=O. The maximum absolute atomic E-state index is 10.4. The molecule has 3 N–H and O–H groups in total. The van der Waals surface area contributed by atoms with Crippen molar-refractivity contribution >= 4 is 12.1 Å². The number of carbonyl (C=O) groups excluding carboxylic acids is 1. The lowest BCUT2D eigenvalue weighted by molar-refractivity contribution is -0.118. The molecule has 0 bridgehead atoms. The van der Waals surface area contributed by atoms with Crippen molar-refractivity contribution in [1.29, 1.82) is 0 Å². The predicted molar refractivity (Wildman–Crippen MR) is 67.7 cm³/mol. The molecule has 0 aliphatic heterocycles. The van der Waals surface area contributed by atoms with Gasteiger partial charge >= 0.3 is 0 Å². The summed E-state index contributed by atoms with van der Waals surface area (Å²) in [6, 6.07) is 0. The average Bonchev–Trinajstić information content (AvgIpc) is 2.32. The number of carbonyl (C=O) groups is 1. The van der Waals surface area contributed by atoms with Crippen LogP contribution in [-0.4, -0.2) is 41.6 Å². The fraction of sp³-hybridized carbons (Fsp3) is 0.500. The Kier molecular flexibility index (Phi) is 6.38. The Hall–Kier alpha value is -1.46. The molecule has 0 unspecified atom stereocenters. The van der Waals surface area contributed by atoms with E-state index in [-0.39, 0.29) is 5.70 Å². The number of hydrogen-bond acceptors (Lipinski definition) is 4. The van der Waals surface area contributed by atoms with Gasteiger partial charge in [0.1, 0.15) is 18.2 Å². The summed E-state index contributed by atoms with van der Waals surface area (Å²) in [5.41, 5.74) is 0.964. The van der Waals surface area contributed by atoms with E-state index < -0.39 is 18.1 Å². The van der Waals surface area contributed by atoms with Crippen LogP contribution in [-0.2, 0) is 4.79 Å². The van der Waals surface area contributed by atoms with E-state index in [0.29, 0.717) is 17.7 Å². The minimum atomic E-state index is -1.23. The van der Waals surface area contributed by atoms with Crippen molar-refractivity contribution in [2.75, 3.05) is 7.05 Å². The molecular weight excluding hydrogens is 220 g/mol. The van der Waals surface area contributed by atoms with Crippen LogP contribution in [0.3, 0.4) is 0 Å². The number of rotatable bonds is 6. The van der Waals surface area contributed by atoms with Crippen LogP contribution in [0.25, 0.3) is 0 Å². The maximum atomic E-state index is 10.4. The topological polar surface area (TPSA) is 81.9 Å². The van der Waals surface area contributed by atoms with Crippen molar-refractivity contribution in [1.82, 2.24) is 5.32 Å². The summed E-state index contributed by atoms with van der Waals surface area (Å²) < 4.78 is 0. The van der Waals surface area contributed by atoms with Gasteiger partial charge in [-0.15, -0.1) is 0 Å². The Morgan fingerprint density at radius 3 is 2.29 bits per heavy atom. The molecule has 0 fully saturated rings. The molecule has 0 rings (SSSR count). The van der Waals surface area contributed by atoms with Crippen molar-refractivity contribution in [3.8, 4) is 0 Å². The van der Waals surface area contributed by atoms with Crippen LogP contribution in [0, 0.1) is 5.92 Å². The fourth-order valence-corrected chi connectivity index (χ4v) is 1.21. The first-order valence-corrected chi connectivity index (χ1v) is 5.25. The van der Waals surface area contributed by atoms with Gasteiger partial charge < -0.3 is 20.3 Å². The van der Waals surface area contributed by atoms with Crippen molar-refractivity contribution < 1.29 is 15.0 Å². The molecule has 0 aromatic rings. The van der Waals surface area contributed by atoms with Gasteiger partial charge in [-0.2, -0.15) is 0 Å². The van der Waals surface area contributed by atoms with Crippen molar-refractivity contribution in [2.24, 2.45) is 10.9 Å². The van der Waals surface area contributed by atoms with Crippen LogP contribution in [0.4, 0.5) is 0 Å². The molecule has 0 saturated heterocycles. The van der Waals surface area contributed by atoms with Crippen molar-refractivity contribution in [2.45, 2.75) is 26.1 Å². The Balaban J connectivity index is 4.62. The summed E-state index contributed by atoms with van der Waals surface area (Å²) in [6.07, 6.45) is -1.89. The molecule has 5 nitrogen and oxygen atoms in total. The Labute approximate surface area is 102 Å². The van der Waals surface area contributed by atoms with E-state index in [4.69, 9.17) is 0 Å². The van der Waals surface area contributed by atoms with Gasteiger partial charge in [-0.05, 0) is 12.5 Å². The molecule has 96 valence electrons. The normalized spacial score (nSPS) is 16.9. The summed E-state index contributed by atoms with van der Waals surface area (Å²) >= 11 is 0. The first-order chi connectivity index (χ1) is 7.84. The quantitative estimate of drug-likeness (QED) is 0.353. The molecule has 0 aromatic carbocycles. The second kappa shape index (κ2) is 6.98. The molecule has 0 aliphatic carbocycles. The zero-order valence-electron chi connectivity index (χ0n) is 10.5. The standard InChI is InChI=1S/C12H20N2O3/c1-7(2)12(13-5)14-9(4)11(17)8(3)10(16)6-15/h6,8,10-11,16-17H,1,4H2,2-3,5H3,(H,13,14)/t8-,10-,11+/m1/s1. The monoisotopic (exact) mass is 240 g/mol. The molecule has 0 aromatic heterocycles. The number of amidine groups is 1. The Morgan fingerprint density at radius 2 is 1.94 bits per heavy atom. The van der Waals surface area contributed by atoms with Gasteiger partial charge in [0.2, 0.25) is 0 Å². The van der Waals surface area contributed by atoms with Crippen LogP contribution in [0.5, 0.6) is 0 Å². The zero-order valence-corrected chi connectivity index (χ0v) is 10.5. The summed E-state index contributed by atoms with van der Waals surface area (Å²) in [5.74, 6) is -0.141. The van der Waals surface area contributed by atoms with Crippen LogP contribution < -0.4 is 5.32 Å². The Morgan fingerprint density at radius 1 is 1.41 bits per heavy atom. The fourth-order valence-electron chi connectivity index (χ4n) is 1.21. The zero-order chi connectivity index (χ0) is 13.6. The smallest absolute Gasteiger partial charge is 0.148 e. The lowest BCUT2D eigenvalue weighted by atomic mass is 9.97. The largest absolute Gasteiger partial charge is 0.387 e. The van der Waals surface area contributed by atoms with E-state index in [1.807, 2.05) is 0 Å². The minimum absolute atomic E-state index is 0.266. The highest BCUT2D eigenvalue weighted by Gasteiger charge is 2.24. The van der Waals surface area contributed by atoms with Crippen LogP contribution in [0.1, 0.15) is 13.8 Å². The molecule has 0 amide bonds. The minimum Gasteiger partial charge on any atom is -0.387 e. The molecule has 0 heterocycles. The molecule has 3 atom stereocenters. The van der Waals surface area contributed by atoms with E-state index in [0.717, 1.165) is 0 Å². The number of aliphatic imine (C=N–C) groups is 1. The van der Waals surface area contributed by atoms with Gasteiger partial charge in [-0.3, -0.25) is 4.99 Å². The second-order valence-electron chi connectivity index (χ2n) is 3.93. The number of nitrogens with one attached hydrogen (secondary N) is 1. The van der Waals surface area contributed by atoms with Gasteiger partial charge in [0.15, 0.2) is 0 Å². The predicted octanol–water partition coefficient (Wildman–Crippen LogP) is 0.251. The highest BCUT2D eigenvalue weighted by molar-refractivity contribution is 5.98. The van der Waals surface area contributed by atoms with Gasteiger partial charge in [-0.25, -0.2) is 0 Å². The first kappa shape index (κ1) is 15.5. The number of aliphatic hydroxyl groups is 2. The molecule has 0 saturated carbocycles. The third-order valence-electron chi connectivity index (χ3n) is 2.44. The number of aldehydes is 1. The molecular formula is C12H20N2O3. The van der Waals surface area contributed by atoms with Crippen molar-refractivity contribution in [3.63, 3.8) is 0 Å². The summed E-state index contributed by atoms with van der Waals surface area (Å²) in [4.78, 5) is 14.3. The van der Waals surface area contributed by atoms with Crippen LogP contribution in [0.15, 0.2) is 29.4 Å². The van der Waals surface area contributed by atoms with E-state index in [1.165, 1.54) is 0 Å². The molecule has 0 radical (unpaired) electrons. The summed E-state index contributed by atoms with van der Waals surface area (Å²) in [5, 5.41) is 22.0. The maximum Gasteiger partial charge on any atom is 0.148 e. The third-order valence-corrected chi connectivity index (χ3v) is 2.44. The molecule has 5 heteroatoms. The van der Waals surface area contributed by atoms with Crippen LogP contribution >= 0.6 is 0 Å². The number of nitrogens with zero attached hydrogens (tertiary/aromatic N) is 1. The first-order valence-electron chi connectivity index (χ1n) is 5.25. The van der Waals surface area contributed by atoms with Gasteiger partial charge in [0.25, 0.3) is 0 Å². The highest BCUT2D eigenvalue weighted by Crippen LogP contribution is 2.13. The Bertz CT molecular complexity index is 337. The van der Waals surface area contributed by atoms with E-state index in [1.54, 1.807) is 20.9 Å². The summed E-state index contributed by atoms with van der Waals surface area (Å²) in [6.45, 7) is 10.7. The van der Waals surface area contributed by atoms with Gasteiger partial charge in [0, 0.05) is 18.7 Å². The molecule has 17 heavy (non-hydrogen) atoms. The lowest BCUT2D eigenvalue weighted by Gasteiger charge is -2.23. The molecule has 0 spiro atoms. The van der Waals surface area contributed by atoms with Gasteiger partial charge in [0.05, 0.1) is 6.10 Å². The molecule has 0 aliphatic rings. The highest BCUT2D eigenvalue weighted by atomic mass is 16.3. The second-order valence-corrected chi connectivity index (χ2v) is 3.93. The van der Waals surface area contributed by atoms with E-state index in [9.17, 15) is 15.0 Å². The number of aliphatic hydroxyl groups excluding tert-OH is 2. The summed E-state index contributed by atoms with van der Waals surface area (Å²) in [7, 11) is 1.58. The van der Waals surface area contributed by atoms with E-state index >= 15 is 0 Å². The van der Waals surface area contributed by atoms with Crippen molar-refractivity contribution in [3.05, 3.63) is 24.4 Å². The lowest BCUT2D eigenvalue weighted by Crippen LogP contribution is -2.38. The third kappa shape index (κ3) is 4.50. The number of hydrogen-bond donors (Lipinski definition) is 3. The van der Waals surface area contributed by atoms with Crippen LogP contribution in [0.2, 0.25) is 0 Å². The average molecular weight is 240 g/mol. The van der Waals surface area contributed by atoms with Gasteiger partial charge in [-0.1, -0.05) is 20.1 Å². The van der Waals surface area contributed by atoms with E-state index in [2.05, 4.69) is 23.5 Å².